The van der Waals surface area contributed by atoms with E-state index in [1.165, 1.54) is 12.1 Å². The second-order valence-corrected chi connectivity index (χ2v) is 6.23. The van der Waals surface area contributed by atoms with E-state index >= 15 is 0 Å². The fourth-order valence-corrected chi connectivity index (χ4v) is 2.87. The number of carbonyl (C=O) groups is 2. The summed E-state index contributed by atoms with van der Waals surface area (Å²) >= 11 is 7.18. The number of furan rings is 1. The van der Waals surface area contributed by atoms with Crippen LogP contribution in [-0.4, -0.2) is 11.8 Å². The molecule has 0 spiro atoms. The lowest BCUT2D eigenvalue weighted by Crippen LogP contribution is -2.34. The van der Waals surface area contributed by atoms with Crippen LogP contribution in [0.3, 0.4) is 0 Å². The summed E-state index contributed by atoms with van der Waals surface area (Å²) in [4.78, 5) is 23.7. The zero-order chi connectivity index (χ0) is 17.8. The van der Waals surface area contributed by atoms with Gasteiger partial charge in [-0.2, -0.15) is 11.3 Å². The van der Waals surface area contributed by atoms with Crippen LogP contribution >= 0.6 is 22.9 Å². The molecule has 0 aliphatic carbocycles. The minimum Gasteiger partial charge on any atom is -0.459 e. The molecule has 5 nitrogen and oxygen atoms in total. The molecule has 0 saturated heterocycles. The molecule has 2 N–H and O–H groups in total. The third-order valence-corrected chi connectivity index (χ3v) is 4.25. The Morgan fingerprint density at radius 1 is 1.16 bits per heavy atom. The molecule has 0 unspecified atom stereocenters. The van der Waals surface area contributed by atoms with Crippen LogP contribution in [0.4, 0.5) is 10.1 Å². The zero-order valence-corrected chi connectivity index (χ0v) is 14.3. The van der Waals surface area contributed by atoms with Crippen molar-refractivity contribution in [3.8, 4) is 11.3 Å². The molecular weight excluding hydrogens is 367 g/mol. The Kier molecular flexibility index (Phi) is 5.16. The Morgan fingerprint density at radius 2 is 2.00 bits per heavy atom. The summed E-state index contributed by atoms with van der Waals surface area (Å²) in [5.74, 6) is -1.12. The molecule has 2 heterocycles. The number of rotatable bonds is 4. The third-order valence-electron chi connectivity index (χ3n) is 3.27. The van der Waals surface area contributed by atoms with E-state index in [9.17, 15) is 14.0 Å². The van der Waals surface area contributed by atoms with Crippen molar-refractivity contribution in [1.82, 2.24) is 5.32 Å². The van der Waals surface area contributed by atoms with Crippen LogP contribution in [0.2, 0.25) is 5.02 Å². The number of carbonyl (C=O) groups excluding carboxylic acids is 2. The van der Waals surface area contributed by atoms with Crippen molar-refractivity contribution >= 4 is 40.4 Å². The largest absolute Gasteiger partial charge is 0.459 e. The van der Waals surface area contributed by atoms with Crippen molar-refractivity contribution in [2.75, 3.05) is 5.32 Å². The summed E-state index contributed by atoms with van der Waals surface area (Å²) in [6.45, 7) is 0.0700. The van der Waals surface area contributed by atoms with Crippen LogP contribution in [0.15, 0.2) is 51.6 Å². The van der Waals surface area contributed by atoms with E-state index in [-0.39, 0.29) is 17.3 Å². The fraction of sp³-hybridized carbons (Fsp3) is 0.0588. The number of halogens is 2. The summed E-state index contributed by atoms with van der Waals surface area (Å²) < 4.78 is 18.7. The maximum atomic E-state index is 13.1. The number of amides is 2. The maximum absolute atomic E-state index is 13.1. The molecule has 8 heteroatoms. The van der Waals surface area contributed by atoms with Crippen LogP contribution < -0.4 is 10.6 Å². The van der Waals surface area contributed by atoms with E-state index in [0.29, 0.717) is 11.5 Å². The van der Waals surface area contributed by atoms with E-state index < -0.39 is 17.6 Å². The van der Waals surface area contributed by atoms with Gasteiger partial charge in [-0.15, -0.1) is 0 Å². The second-order valence-electron chi connectivity index (χ2n) is 5.04. The van der Waals surface area contributed by atoms with Crippen LogP contribution in [0.5, 0.6) is 0 Å². The van der Waals surface area contributed by atoms with Crippen molar-refractivity contribution < 1.29 is 18.4 Å². The minimum atomic E-state index is -0.882. The number of hydrogen-bond donors (Lipinski definition) is 2. The van der Waals surface area contributed by atoms with Crippen molar-refractivity contribution in [3.05, 3.63) is 63.8 Å². The highest BCUT2D eigenvalue weighted by Gasteiger charge is 2.15. The summed E-state index contributed by atoms with van der Waals surface area (Å²) in [7, 11) is 0. The minimum absolute atomic E-state index is 0.0700. The quantitative estimate of drug-likeness (QED) is 0.672. The molecule has 0 bridgehead atoms. The predicted octanol–water partition coefficient (Wildman–Crippen LogP) is 4.06. The molecule has 2 aromatic heterocycles. The average Bonchev–Trinajstić information content (AvgIpc) is 3.26. The molecule has 0 fully saturated rings. The van der Waals surface area contributed by atoms with Crippen molar-refractivity contribution in [2.24, 2.45) is 0 Å². The summed E-state index contributed by atoms with van der Waals surface area (Å²) in [6, 6.07) is 9.08. The molecule has 0 atom stereocenters. The standard InChI is InChI=1S/C17H12ClFN2O3S/c18-13-7-11(1-3-14(13)19)21-17(23)16(22)20-8-12-2-4-15(24-12)10-5-6-25-9-10/h1-7,9H,8H2,(H,20,22)(H,21,23). The Balaban J connectivity index is 1.55. The predicted molar refractivity (Wildman–Crippen MR) is 93.9 cm³/mol. The molecule has 25 heavy (non-hydrogen) atoms. The van der Waals surface area contributed by atoms with Crippen LogP contribution in [0, 0.1) is 5.82 Å². The van der Waals surface area contributed by atoms with Gasteiger partial charge in [0.25, 0.3) is 0 Å². The van der Waals surface area contributed by atoms with Gasteiger partial charge in [0.1, 0.15) is 17.3 Å². The van der Waals surface area contributed by atoms with E-state index in [0.717, 1.165) is 11.6 Å². The van der Waals surface area contributed by atoms with Crippen molar-refractivity contribution in [3.63, 3.8) is 0 Å². The first kappa shape index (κ1) is 17.2. The molecule has 0 aliphatic heterocycles. The zero-order valence-electron chi connectivity index (χ0n) is 12.7. The number of nitrogens with one attached hydrogen (secondary N) is 2. The van der Waals surface area contributed by atoms with Crippen LogP contribution in [-0.2, 0) is 16.1 Å². The molecule has 1 aromatic carbocycles. The van der Waals surface area contributed by atoms with Gasteiger partial charge in [0.2, 0.25) is 0 Å². The lowest BCUT2D eigenvalue weighted by molar-refractivity contribution is -0.136. The van der Waals surface area contributed by atoms with E-state index in [4.69, 9.17) is 16.0 Å². The second kappa shape index (κ2) is 7.50. The van der Waals surface area contributed by atoms with Gasteiger partial charge >= 0.3 is 11.8 Å². The van der Waals surface area contributed by atoms with Crippen LogP contribution in [0.25, 0.3) is 11.3 Å². The van der Waals surface area contributed by atoms with Gasteiger partial charge in [-0.1, -0.05) is 11.6 Å². The van der Waals surface area contributed by atoms with Crippen molar-refractivity contribution in [2.45, 2.75) is 6.54 Å². The van der Waals surface area contributed by atoms with E-state index in [1.54, 1.807) is 23.5 Å². The van der Waals surface area contributed by atoms with Crippen LogP contribution in [0.1, 0.15) is 5.76 Å². The topological polar surface area (TPSA) is 71.3 Å². The molecule has 0 aliphatic rings. The van der Waals surface area contributed by atoms with Gasteiger partial charge in [-0.3, -0.25) is 9.59 Å². The first-order valence-electron chi connectivity index (χ1n) is 7.18. The SMILES string of the molecule is O=C(NCc1ccc(-c2ccsc2)o1)C(=O)Nc1ccc(F)c(Cl)c1. The first-order chi connectivity index (χ1) is 12.0. The maximum Gasteiger partial charge on any atom is 0.313 e. The molecule has 3 aromatic rings. The van der Waals surface area contributed by atoms with Gasteiger partial charge in [-0.25, -0.2) is 4.39 Å². The normalized spacial score (nSPS) is 10.5. The van der Waals surface area contributed by atoms with E-state index in [2.05, 4.69) is 10.6 Å². The average molecular weight is 379 g/mol. The van der Waals surface area contributed by atoms with Gasteiger partial charge in [0, 0.05) is 16.6 Å². The number of thiophene rings is 1. The van der Waals surface area contributed by atoms with Gasteiger partial charge in [0.05, 0.1) is 11.6 Å². The molecule has 128 valence electrons. The Morgan fingerprint density at radius 3 is 2.72 bits per heavy atom. The summed E-state index contributed by atoms with van der Waals surface area (Å²) in [5, 5.41) is 8.54. The molecule has 3 rings (SSSR count). The number of hydrogen-bond acceptors (Lipinski definition) is 4. The van der Waals surface area contributed by atoms with Crippen molar-refractivity contribution in [1.29, 1.82) is 0 Å². The first-order valence-corrected chi connectivity index (χ1v) is 8.50. The Bertz CT molecular complexity index is 909. The smallest absolute Gasteiger partial charge is 0.313 e. The highest BCUT2D eigenvalue weighted by Crippen LogP contribution is 2.24. The van der Waals surface area contributed by atoms with E-state index in [1.807, 2.05) is 16.8 Å². The lowest BCUT2D eigenvalue weighted by Gasteiger charge is -2.06. The highest BCUT2D eigenvalue weighted by atomic mass is 35.5. The Hall–Kier alpha value is -2.64. The summed E-state index contributed by atoms with van der Waals surface area (Å²) in [6.07, 6.45) is 0. The monoisotopic (exact) mass is 378 g/mol. The molecule has 0 saturated carbocycles. The van der Waals surface area contributed by atoms with Gasteiger partial charge in [-0.05, 0) is 41.8 Å². The van der Waals surface area contributed by atoms with Gasteiger partial charge in [0.15, 0.2) is 0 Å². The number of anilines is 1. The molecular formula is C17H12ClFN2O3S. The molecule has 0 radical (unpaired) electrons. The number of benzene rings is 1. The lowest BCUT2D eigenvalue weighted by atomic mass is 10.3. The summed E-state index contributed by atoms with van der Waals surface area (Å²) in [5.41, 5.74) is 1.18. The molecule has 2 amide bonds. The highest BCUT2D eigenvalue weighted by molar-refractivity contribution is 7.08. The Labute approximate surface area is 151 Å². The van der Waals surface area contributed by atoms with Gasteiger partial charge < -0.3 is 15.1 Å². The third kappa shape index (κ3) is 4.26. The fourth-order valence-electron chi connectivity index (χ4n) is 2.04.